The van der Waals surface area contributed by atoms with E-state index in [0.29, 0.717) is 17.8 Å². The summed E-state index contributed by atoms with van der Waals surface area (Å²) in [5.74, 6) is -1.02. The molecule has 1 amide bonds. The standard InChI is InChI=1S/C23H24ClN3O3/c1-15-10-12-17(13-11-15)14-27-21(24)19(16(2)25-27)23(29)30-20(22(28)26(3)4)18-8-6-5-7-9-18/h5-13,20H,14H2,1-4H3. The van der Waals surface area contributed by atoms with Crippen molar-refractivity contribution in [1.29, 1.82) is 0 Å². The molecule has 3 aromatic rings. The molecule has 3 rings (SSSR count). The fraction of sp³-hybridized carbons (Fsp3) is 0.261. The highest BCUT2D eigenvalue weighted by atomic mass is 35.5. The molecule has 1 heterocycles. The molecule has 1 unspecified atom stereocenters. The van der Waals surface area contributed by atoms with E-state index >= 15 is 0 Å². The number of benzene rings is 2. The molecule has 0 aliphatic heterocycles. The van der Waals surface area contributed by atoms with Crippen LogP contribution < -0.4 is 0 Å². The van der Waals surface area contributed by atoms with Crippen LogP contribution in [0, 0.1) is 13.8 Å². The molecule has 0 spiro atoms. The maximum atomic E-state index is 13.0. The number of nitrogens with zero attached hydrogens (tertiary/aromatic N) is 3. The number of rotatable bonds is 6. The number of hydrogen-bond donors (Lipinski definition) is 0. The second-order valence-electron chi connectivity index (χ2n) is 7.32. The zero-order valence-corrected chi connectivity index (χ0v) is 18.2. The van der Waals surface area contributed by atoms with Gasteiger partial charge in [-0.2, -0.15) is 5.10 Å². The van der Waals surface area contributed by atoms with Gasteiger partial charge in [0, 0.05) is 19.7 Å². The SMILES string of the molecule is Cc1ccc(Cn2nc(C)c(C(=O)OC(C(=O)N(C)C)c3ccccc3)c2Cl)cc1. The van der Waals surface area contributed by atoms with E-state index in [0.717, 1.165) is 11.1 Å². The maximum absolute atomic E-state index is 13.0. The van der Waals surface area contributed by atoms with E-state index in [-0.39, 0.29) is 16.6 Å². The van der Waals surface area contributed by atoms with Gasteiger partial charge in [-0.25, -0.2) is 9.48 Å². The van der Waals surface area contributed by atoms with E-state index in [2.05, 4.69) is 5.10 Å². The second-order valence-corrected chi connectivity index (χ2v) is 7.68. The fourth-order valence-corrected chi connectivity index (χ4v) is 3.36. The van der Waals surface area contributed by atoms with Gasteiger partial charge >= 0.3 is 5.97 Å². The van der Waals surface area contributed by atoms with Crippen molar-refractivity contribution in [3.8, 4) is 0 Å². The normalized spacial score (nSPS) is 11.8. The summed E-state index contributed by atoms with van der Waals surface area (Å²) in [6.07, 6.45) is -1.07. The topological polar surface area (TPSA) is 64.4 Å². The first kappa shape index (κ1) is 21.6. The van der Waals surface area contributed by atoms with Crippen molar-refractivity contribution in [2.75, 3.05) is 14.1 Å². The highest BCUT2D eigenvalue weighted by Gasteiger charge is 2.30. The van der Waals surface area contributed by atoms with Crippen LogP contribution in [0.1, 0.15) is 38.8 Å². The molecule has 0 fully saturated rings. The van der Waals surface area contributed by atoms with Crippen LogP contribution in [0.4, 0.5) is 0 Å². The predicted molar refractivity (Wildman–Crippen MR) is 116 cm³/mol. The molecule has 0 N–H and O–H groups in total. The molecule has 0 aliphatic carbocycles. The van der Waals surface area contributed by atoms with Gasteiger partial charge in [-0.3, -0.25) is 4.79 Å². The number of likely N-dealkylation sites (N-methyl/N-ethyl adjacent to an activating group) is 1. The van der Waals surface area contributed by atoms with E-state index in [4.69, 9.17) is 16.3 Å². The molecule has 2 aromatic carbocycles. The molecule has 6 nitrogen and oxygen atoms in total. The third-order valence-corrected chi connectivity index (χ3v) is 5.10. The number of amides is 1. The van der Waals surface area contributed by atoms with E-state index < -0.39 is 12.1 Å². The van der Waals surface area contributed by atoms with Gasteiger partial charge in [0.1, 0.15) is 10.7 Å². The Bertz CT molecular complexity index is 1040. The molecule has 1 aromatic heterocycles. The van der Waals surface area contributed by atoms with E-state index in [1.165, 1.54) is 4.90 Å². The molecule has 0 bridgehead atoms. The summed E-state index contributed by atoms with van der Waals surface area (Å²) in [7, 11) is 3.23. The summed E-state index contributed by atoms with van der Waals surface area (Å²) in [5, 5.41) is 4.58. The monoisotopic (exact) mass is 425 g/mol. The highest BCUT2D eigenvalue weighted by molar-refractivity contribution is 6.32. The first-order chi connectivity index (χ1) is 14.3. The molecule has 0 saturated carbocycles. The number of aromatic nitrogens is 2. The Hall–Kier alpha value is -3.12. The largest absolute Gasteiger partial charge is 0.444 e. The van der Waals surface area contributed by atoms with Crippen molar-refractivity contribution in [3.63, 3.8) is 0 Å². The Balaban J connectivity index is 1.87. The Morgan fingerprint density at radius 3 is 2.30 bits per heavy atom. The average Bonchev–Trinajstić information content (AvgIpc) is 3.00. The van der Waals surface area contributed by atoms with Gasteiger partial charge in [-0.1, -0.05) is 71.8 Å². The third kappa shape index (κ3) is 4.71. The smallest absolute Gasteiger partial charge is 0.344 e. The van der Waals surface area contributed by atoms with Gasteiger partial charge in [-0.05, 0) is 19.4 Å². The van der Waals surface area contributed by atoms with Gasteiger partial charge in [0.2, 0.25) is 6.10 Å². The van der Waals surface area contributed by atoms with Crippen LogP contribution in [0.5, 0.6) is 0 Å². The van der Waals surface area contributed by atoms with Crippen molar-refractivity contribution in [2.45, 2.75) is 26.5 Å². The number of carbonyl (C=O) groups excluding carboxylic acids is 2. The summed E-state index contributed by atoms with van der Waals surface area (Å²) in [6.45, 7) is 4.13. The number of aryl methyl sites for hydroxylation is 2. The summed E-state index contributed by atoms with van der Waals surface area (Å²) >= 11 is 6.48. The quantitative estimate of drug-likeness (QED) is 0.555. The van der Waals surface area contributed by atoms with Gasteiger partial charge in [0.25, 0.3) is 5.91 Å². The molecule has 7 heteroatoms. The summed E-state index contributed by atoms with van der Waals surface area (Å²) in [4.78, 5) is 27.0. The minimum Gasteiger partial charge on any atom is -0.444 e. The number of hydrogen-bond acceptors (Lipinski definition) is 4. The van der Waals surface area contributed by atoms with E-state index in [9.17, 15) is 9.59 Å². The van der Waals surface area contributed by atoms with Crippen molar-refractivity contribution in [3.05, 3.63) is 87.7 Å². The van der Waals surface area contributed by atoms with Crippen LogP contribution in [0.3, 0.4) is 0 Å². The van der Waals surface area contributed by atoms with Crippen LogP contribution >= 0.6 is 11.6 Å². The first-order valence-corrected chi connectivity index (χ1v) is 9.91. The van der Waals surface area contributed by atoms with Crippen molar-refractivity contribution in [1.82, 2.24) is 14.7 Å². The third-order valence-electron chi connectivity index (χ3n) is 4.71. The number of carbonyl (C=O) groups is 2. The van der Waals surface area contributed by atoms with E-state index in [1.807, 2.05) is 37.3 Å². The minimum absolute atomic E-state index is 0.163. The zero-order valence-electron chi connectivity index (χ0n) is 17.4. The van der Waals surface area contributed by atoms with Crippen molar-refractivity contribution in [2.24, 2.45) is 0 Å². The lowest BCUT2D eigenvalue weighted by Gasteiger charge is -2.21. The number of halogens is 1. The first-order valence-electron chi connectivity index (χ1n) is 9.53. The Labute approximate surface area is 181 Å². The molecule has 0 saturated heterocycles. The van der Waals surface area contributed by atoms with Crippen molar-refractivity contribution < 1.29 is 14.3 Å². The van der Waals surface area contributed by atoms with Crippen LogP contribution in [-0.4, -0.2) is 40.7 Å². The number of esters is 1. The molecular weight excluding hydrogens is 402 g/mol. The molecule has 0 aliphatic rings. The summed E-state index contributed by atoms with van der Waals surface area (Å²) in [5.41, 5.74) is 3.36. The minimum atomic E-state index is -1.07. The molecule has 156 valence electrons. The number of ether oxygens (including phenoxy) is 1. The van der Waals surface area contributed by atoms with Gasteiger partial charge in [0.05, 0.1) is 12.2 Å². The second kappa shape index (κ2) is 9.13. The highest BCUT2D eigenvalue weighted by Crippen LogP contribution is 2.26. The summed E-state index contributed by atoms with van der Waals surface area (Å²) in [6, 6.07) is 16.9. The predicted octanol–water partition coefficient (Wildman–Crippen LogP) is 4.19. The Kier molecular flexibility index (Phi) is 6.57. The van der Waals surface area contributed by atoms with Crippen LogP contribution in [-0.2, 0) is 16.1 Å². The molecule has 0 radical (unpaired) electrons. The average molecular weight is 426 g/mol. The maximum Gasteiger partial charge on any atom is 0.344 e. The Morgan fingerprint density at radius 2 is 1.70 bits per heavy atom. The van der Waals surface area contributed by atoms with Crippen molar-refractivity contribution >= 4 is 23.5 Å². The fourth-order valence-electron chi connectivity index (χ4n) is 3.05. The Morgan fingerprint density at radius 1 is 1.07 bits per heavy atom. The van der Waals surface area contributed by atoms with Crippen LogP contribution in [0.25, 0.3) is 0 Å². The van der Waals surface area contributed by atoms with Gasteiger partial charge < -0.3 is 9.64 Å². The molecule has 1 atom stereocenters. The van der Waals surface area contributed by atoms with Crippen LogP contribution in [0.15, 0.2) is 54.6 Å². The lowest BCUT2D eigenvalue weighted by Crippen LogP contribution is -2.31. The van der Waals surface area contributed by atoms with Gasteiger partial charge in [0.15, 0.2) is 0 Å². The van der Waals surface area contributed by atoms with E-state index in [1.54, 1.807) is 50.0 Å². The lowest BCUT2D eigenvalue weighted by atomic mass is 10.1. The van der Waals surface area contributed by atoms with Gasteiger partial charge in [-0.15, -0.1) is 0 Å². The molecular formula is C23H24ClN3O3. The summed E-state index contributed by atoms with van der Waals surface area (Å²) < 4.78 is 7.18. The zero-order chi connectivity index (χ0) is 21.8. The van der Waals surface area contributed by atoms with Crippen LogP contribution in [0.2, 0.25) is 5.15 Å². The molecule has 30 heavy (non-hydrogen) atoms. The lowest BCUT2D eigenvalue weighted by molar-refractivity contribution is -0.138.